The van der Waals surface area contributed by atoms with Gasteiger partial charge in [0.1, 0.15) is 5.60 Å². The van der Waals surface area contributed by atoms with Crippen LogP contribution in [-0.4, -0.2) is 31.0 Å². The summed E-state index contributed by atoms with van der Waals surface area (Å²) in [6.07, 6.45) is 1.40. The van der Waals surface area contributed by atoms with Crippen LogP contribution in [0.25, 0.3) is 0 Å². The minimum Gasteiger partial charge on any atom is -0.378 e. The van der Waals surface area contributed by atoms with Gasteiger partial charge < -0.3 is 14.0 Å². The monoisotopic (exact) mass is 204 g/mol. The van der Waals surface area contributed by atoms with Crippen LogP contribution in [0.3, 0.4) is 0 Å². The number of hydrogen-bond acceptors (Lipinski definition) is 3. The molecule has 0 spiro atoms. The zero-order valence-electron chi connectivity index (χ0n) is 8.16. The van der Waals surface area contributed by atoms with Gasteiger partial charge in [0.2, 0.25) is 0 Å². The Kier molecular flexibility index (Phi) is 2.63. The van der Waals surface area contributed by atoms with Crippen LogP contribution in [0.2, 0.25) is 0 Å². The molecule has 13 heavy (non-hydrogen) atoms. The van der Waals surface area contributed by atoms with Gasteiger partial charge in [0.15, 0.2) is 0 Å². The van der Waals surface area contributed by atoms with Crippen molar-refractivity contribution in [3.63, 3.8) is 0 Å². The third kappa shape index (κ3) is 1.33. The molecule has 3 nitrogen and oxygen atoms in total. The van der Waals surface area contributed by atoms with Gasteiger partial charge in [0, 0.05) is 15.4 Å². The fraction of sp³-hybridized carbons (Fsp3) is 1.00. The molecular formula is C9H17O3P. The van der Waals surface area contributed by atoms with Crippen molar-refractivity contribution in [2.75, 3.05) is 13.2 Å². The van der Waals surface area contributed by atoms with E-state index < -0.39 is 0 Å². The van der Waals surface area contributed by atoms with Crippen LogP contribution in [0.15, 0.2) is 0 Å². The van der Waals surface area contributed by atoms with Gasteiger partial charge in [0.25, 0.3) is 0 Å². The van der Waals surface area contributed by atoms with Gasteiger partial charge in [-0.05, 0) is 13.3 Å². The molecule has 2 aliphatic heterocycles. The van der Waals surface area contributed by atoms with Gasteiger partial charge in [-0.15, -0.1) is 0 Å². The maximum atomic E-state index is 5.96. The van der Waals surface area contributed by atoms with Crippen molar-refractivity contribution >= 4 is 9.47 Å². The summed E-state index contributed by atoms with van der Waals surface area (Å²) in [7, 11) is 2.36. The fourth-order valence-corrected chi connectivity index (χ4v) is 2.93. The fourth-order valence-electron chi connectivity index (χ4n) is 2.48. The van der Waals surface area contributed by atoms with Crippen molar-refractivity contribution in [3.8, 4) is 0 Å². The zero-order chi connectivity index (χ0) is 9.47. The molecule has 2 fully saturated rings. The molecule has 0 aromatic heterocycles. The lowest BCUT2D eigenvalue weighted by Crippen LogP contribution is -2.50. The number of rotatable bonds is 2. The summed E-state index contributed by atoms with van der Waals surface area (Å²) in [5.74, 6) is 0.395. The van der Waals surface area contributed by atoms with E-state index in [1.54, 1.807) is 0 Å². The van der Waals surface area contributed by atoms with Gasteiger partial charge >= 0.3 is 0 Å². The van der Waals surface area contributed by atoms with Crippen LogP contribution in [0, 0.1) is 5.92 Å². The van der Waals surface area contributed by atoms with Crippen molar-refractivity contribution in [1.82, 2.24) is 0 Å². The molecule has 4 heteroatoms. The van der Waals surface area contributed by atoms with E-state index >= 15 is 0 Å². The highest BCUT2D eigenvalue weighted by Gasteiger charge is 2.55. The van der Waals surface area contributed by atoms with Crippen LogP contribution >= 0.6 is 9.47 Å². The van der Waals surface area contributed by atoms with E-state index in [4.69, 9.17) is 14.0 Å². The molecule has 2 bridgehead atoms. The molecule has 76 valence electrons. The molecule has 2 heterocycles. The SMILES string of the molecule is CCC12COC[C@H](C(C)O1)[C@H]2OP. The molecule has 5 atom stereocenters. The Morgan fingerprint density at radius 2 is 2.38 bits per heavy atom. The van der Waals surface area contributed by atoms with E-state index in [0.717, 1.165) is 13.0 Å². The summed E-state index contributed by atoms with van der Waals surface area (Å²) in [5.41, 5.74) is -0.190. The van der Waals surface area contributed by atoms with E-state index in [-0.39, 0.29) is 17.8 Å². The van der Waals surface area contributed by atoms with E-state index in [1.165, 1.54) is 0 Å². The Hall–Kier alpha value is 0.310. The molecule has 2 saturated heterocycles. The second-order valence-electron chi connectivity index (χ2n) is 3.98. The molecule has 0 saturated carbocycles. The van der Waals surface area contributed by atoms with Gasteiger partial charge in [-0.2, -0.15) is 0 Å². The largest absolute Gasteiger partial charge is 0.378 e. The quantitative estimate of drug-likeness (QED) is 0.636. The average Bonchev–Trinajstić information content (AvgIpc) is 2.30. The van der Waals surface area contributed by atoms with E-state index in [2.05, 4.69) is 23.3 Å². The molecule has 0 aromatic carbocycles. The summed E-state index contributed by atoms with van der Waals surface area (Å²) >= 11 is 0. The first kappa shape index (κ1) is 9.85. The van der Waals surface area contributed by atoms with Crippen molar-refractivity contribution < 1.29 is 14.0 Å². The second kappa shape index (κ2) is 3.47. The zero-order valence-corrected chi connectivity index (χ0v) is 9.31. The third-order valence-electron chi connectivity index (χ3n) is 3.33. The van der Waals surface area contributed by atoms with Crippen LogP contribution in [0.1, 0.15) is 20.3 Å². The third-order valence-corrected chi connectivity index (χ3v) is 3.63. The van der Waals surface area contributed by atoms with Crippen LogP contribution in [0.4, 0.5) is 0 Å². The molecule has 2 aliphatic rings. The molecule has 0 radical (unpaired) electrons. The predicted octanol–water partition coefficient (Wildman–Crippen LogP) is 1.38. The Morgan fingerprint density at radius 1 is 1.62 bits per heavy atom. The highest BCUT2D eigenvalue weighted by Crippen LogP contribution is 2.44. The minimum absolute atomic E-state index is 0.186. The van der Waals surface area contributed by atoms with Crippen LogP contribution in [-0.2, 0) is 14.0 Å². The molecular weight excluding hydrogens is 187 g/mol. The second-order valence-corrected chi connectivity index (χ2v) is 4.25. The van der Waals surface area contributed by atoms with Crippen molar-refractivity contribution in [2.45, 2.75) is 38.1 Å². The molecule has 2 rings (SSSR count). The molecule has 0 amide bonds. The summed E-state index contributed by atoms with van der Waals surface area (Å²) < 4.78 is 17.0. The van der Waals surface area contributed by atoms with E-state index in [0.29, 0.717) is 12.5 Å². The smallest absolute Gasteiger partial charge is 0.118 e. The first-order valence-electron chi connectivity index (χ1n) is 4.84. The Bertz CT molecular complexity index is 199. The highest BCUT2D eigenvalue weighted by atomic mass is 31.0. The standard InChI is InChI=1S/C9H17O3P/c1-3-9-5-10-4-7(6(2)11-9)8(9)12-13/h6-8H,3-5,13H2,1-2H3/t6?,7-,8-,9?/m1/s1. The summed E-state index contributed by atoms with van der Waals surface area (Å²) in [4.78, 5) is 0. The minimum atomic E-state index is -0.190. The lowest BCUT2D eigenvalue weighted by molar-refractivity contribution is -0.126. The van der Waals surface area contributed by atoms with Crippen LogP contribution in [0.5, 0.6) is 0 Å². The van der Waals surface area contributed by atoms with Gasteiger partial charge in [-0.3, -0.25) is 0 Å². The number of hydrogen-bond donors (Lipinski definition) is 0. The van der Waals surface area contributed by atoms with Gasteiger partial charge in [0.05, 0.1) is 25.4 Å². The molecule has 0 N–H and O–H groups in total. The van der Waals surface area contributed by atoms with Crippen molar-refractivity contribution in [3.05, 3.63) is 0 Å². The molecule has 0 aromatic rings. The summed E-state index contributed by atoms with van der Waals surface area (Å²) in [6.45, 7) is 5.67. The van der Waals surface area contributed by atoms with Crippen molar-refractivity contribution in [1.29, 1.82) is 0 Å². The number of ether oxygens (including phenoxy) is 2. The van der Waals surface area contributed by atoms with E-state index in [9.17, 15) is 0 Å². The summed E-state index contributed by atoms with van der Waals surface area (Å²) in [6, 6.07) is 0. The topological polar surface area (TPSA) is 27.7 Å². The lowest BCUT2D eigenvalue weighted by Gasteiger charge is -2.37. The first-order chi connectivity index (χ1) is 6.23. The van der Waals surface area contributed by atoms with Crippen molar-refractivity contribution in [2.24, 2.45) is 5.92 Å². The maximum Gasteiger partial charge on any atom is 0.118 e. The first-order valence-corrected chi connectivity index (χ1v) is 5.32. The predicted molar refractivity (Wildman–Crippen MR) is 52.5 cm³/mol. The Morgan fingerprint density at radius 3 is 2.92 bits per heavy atom. The summed E-state index contributed by atoms with van der Waals surface area (Å²) in [5, 5.41) is 0. The Balaban J connectivity index is 2.24. The maximum absolute atomic E-state index is 5.96. The lowest BCUT2D eigenvalue weighted by atomic mass is 9.85. The molecule has 0 aliphatic carbocycles. The molecule has 3 unspecified atom stereocenters. The van der Waals surface area contributed by atoms with E-state index in [1.807, 2.05) is 0 Å². The van der Waals surface area contributed by atoms with Gasteiger partial charge in [-0.25, -0.2) is 0 Å². The normalized spacial score (nSPS) is 49.6. The number of fused-ring (bicyclic) bond motifs is 2. The van der Waals surface area contributed by atoms with Crippen LogP contribution < -0.4 is 0 Å². The highest BCUT2D eigenvalue weighted by molar-refractivity contribution is 7.09. The Labute approximate surface area is 81.4 Å². The average molecular weight is 204 g/mol. The van der Waals surface area contributed by atoms with Gasteiger partial charge in [-0.1, -0.05) is 6.92 Å².